The van der Waals surface area contributed by atoms with Crippen molar-refractivity contribution < 1.29 is 38.1 Å². The van der Waals surface area contributed by atoms with Gasteiger partial charge in [0.2, 0.25) is 12.2 Å². The first-order valence-electron chi connectivity index (χ1n) is 10.3. The summed E-state index contributed by atoms with van der Waals surface area (Å²) in [5.74, 6) is -3.80. The Labute approximate surface area is 186 Å². The Morgan fingerprint density at radius 3 is 1.28 bits per heavy atom. The van der Waals surface area contributed by atoms with E-state index in [0.717, 1.165) is 0 Å². The van der Waals surface area contributed by atoms with Gasteiger partial charge in [0.05, 0.1) is 24.3 Å². The summed E-state index contributed by atoms with van der Waals surface area (Å²) in [7, 11) is 0. The van der Waals surface area contributed by atoms with Gasteiger partial charge in [0.15, 0.2) is 0 Å². The Hall–Kier alpha value is -3.68. The Morgan fingerprint density at radius 1 is 0.625 bits per heavy atom. The maximum absolute atomic E-state index is 12.7. The largest absolute Gasteiger partial charge is 0.463 e. The summed E-state index contributed by atoms with van der Waals surface area (Å²) in [5.41, 5.74) is 0.298. The number of hydrogen-bond acceptors (Lipinski definition) is 8. The molecular weight excluding hydrogens is 416 g/mol. The number of carbonyl (C=O) groups is 4. The molecule has 0 unspecified atom stereocenters. The van der Waals surface area contributed by atoms with Gasteiger partial charge in [0, 0.05) is 0 Å². The smallest absolute Gasteiger partial charge is 0.352 e. The Kier molecular flexibility index (Phi) is 9.90. The predicted octanol–water partition coefficient (Wildman–Crippen LogP) is 3.34. The van der Waals surface area contributed by atoms with Crippen molar-refractivity contribution in [3.05, 3.63) is 71.8 Å². The van der Waals surface area contributed by atoms with Crippen LogP contribution in [0.25, 0.3) is 0 Å². The zero-order valence-electron chi connectivity index (χ0n) is 18.0. The molecule has 0 heterocycles. The molecule has 0 fully saturated rings. The van der Waals surface area contributed by atoms with Crippen molar-refractivity contribution in [3.63, 3.8) is 0 Å². The number of ether oxygens (including phenoxy) is 4. The summed E-state index contributed by atoms with van der Waals surface area (Å²) in [6.45, 7) is 3.62. The van der Waals surface area contributed by atoms with Gasteiger partial charge in [-0.3, -0.25) is 0 Å². The summed E-state index contributed by atoms with van der Waals surface area (Å²) in [5, 5.41) is 0. The lowest BCUT2D eigenvalue weighted by Crippen LogP contribution is -2.47. The number of carbonyl (C=O) groups excluding carboxylic acids is 4. The molecule has 2 rings (SSSR count). The van der Waals surface area contributed by atoms with E-state index in [-0.39, 0.29) is 24.3 Å². The van der Waals surface area contributed by atoms with Gasteiger partial charge in [-0.05, 0) is 37.1 Å². The predicted molar refractivity (Wildman–Crippen MR) is 114 cm³/mol. The molecule has 2 aromatic carbocycles. The average molecular weight is 442 g/mol. The second kappa shape index (κ2) is 12.9. The zero-order valence-corrected chi connectivity index (χ0v) is 18.0. The van der Waals surface area contributed by atoms with Crippen LogP contribution in [-0.4, -0.2) is 49.3 Å². The average Bonchev–Trinajstić information content (AvgIpc) is 2.83. The standard InChI is InChI=1S/C24H26O8/c1-3-15-29-23(27)19(31-21(25)17-11-7-5-8-12-17)20(24(28)30-16-4-2)32-22(26)18-13-9-6-10-14-18/h5-14,19-20H,3-4,15-16H2,1-2H3/t19-,20-/m0/s1. The summed E-state index contributed by atoms with van der Waals surface area (Å²) >= 11 is 0. The van der Waals surface area contributed by atoms with Crippen molar-refractivity contribution in [2.45, 2.75) is 38.9 Å². The lowest BCUT2D eigenvalue weighted by atomic mass is 10.1. The molecule has 2 aromatic rings. The van der Waals surface area contributed by atoms with Gasteiger partial charge in [-0.15, -0.1) is 0 Å². The Bertz CT molecular complexity index is 819. The number of esters is 4. The van der Waals surface area contributed by atoms with Crippen LogP contribution in [0.4, 0.5) is 0 Å². The highest BCUT2D eigenvalue weighted by atomic mass is 16.6. The molecule has 0 N–H and O–H groups in total. The van der Waals surface area contributed by atoms with Crippen LogP contribution in [0.1, 0.15) is 47.4 Å². The van der Waals surface area contributed by atoms with E-state index in [1.165, 1.54) is 24.3 Å². The summed E-state index contributed by atoms with van der Waals surface area (Å²) in [6.07, 6.45) is -2.68. The number of benzene rings is 2. The fourth-order valence-electron chi connectivity index (χ4n) is 2.55. The van der Waals surface area contributed by atoms with Crippen molar-refractivity contribution in [2.75, 3.05) is 13.2 Å². The SMILES string of the molecule is CCCOC(=O)[C@@H](OC(=O)c1ccccc1)[C@H](OC(=O)c1ccccc1)C(=O)OCCC. The van der Waals surface area contributed by atoms with Crippen molar-refractivity contribution in [1.82, 2.24) is 0 Å². The van der Waals surface area contributed by atoms with E-state index in [1.54, 1.807) is 50.2 Å². The quantitative estimate of drug-likeness (QED) is 0.385. The Morgan fingerprint density at radius 2 is 0.969 bits per heavy atom. The van der Waals surface area contributed by atoms with Gasteiger partial charge in [-0.25, -0.2) is 19.2 Å². The second-order valence-corrected chi connectivity index (χ2v) is 6.72. The molecule has 0 aliphatic carbocycles. The van der Waals surface area contributed by atoms with E-state index in [2.05, 4.69) is 0 Å². The molecule has 0 radical (unpaired) electrons. The molecule has 0 saturated carbocycles. The van der Waals surface area contributed by atoms with E-state index >= 15 is 0 Å². The molecule has 32 heavy (non-hydrogen) atoms. The molecule has 2 atom stereocenters. The van der Waals surface area contributed by atoms with Crippen LogP contribution < -0.4 is 0 Å². The van der Waals surface area contributed by atoms with Crippen LogP contribution in [0.3, 0.4) is 0 Å². The van der Waals surface area contributed by atoms with E-state index in [4.69, 9.17) is 18.9 Å². The molecule has 0 amide bonds. The van der Waals surface area contributed by atoms with Crippen LogP contribution in [0, 0.1) is 0 Å². The minimum Gasteiger partial charge on any atom is -0.463 e. The Balaban J connectivity index is 2.34. The first-order valence-corrected chi connectivity index (χ1v) is 10.3. The third kappa shape index (κ3) is 7.23. The summed E-state index contributed by atoms with van der Waals surface area (Å²) in [6, 6.07) is 15.8. The van der Waals surface area contributed by atoms with Gasteiger partial charge < -0.3 is 18.9 Å². The highest BCUT2D eigenvalue weighted by molar-refractivity contribution is 5.95. The highest BCUT2D eigenvalue weighted by Gasteiger charge is 2.43. The van der Waals surface area contributed by atoms with Crippen LogP contribution in [-0.2, 0) is 28.5 Å². The third-order valence-electron chi connectivity index (χ3n) is 4.12. The van der Waals surface area contributed by atoms with Crippen LogP contribution in [0.15, 0.2) is 60.7 Å². The molecule has 8 nitrogen and oxygen atoms in total. The molecular formula is C24H26O8. The molecule has 0 spiro atoms. The maximum atomic E-state index is 12.7. The van der Waals surface area contributed by atoms with Gasteiger partial charge in [0.1, 0.15) is 0 Å². The maximum Gasteiger partial charge on any atom is 0.352 e. The van der Waals surface area contributed by atoms with Crippen molar-refractivity contribution in [2.24, 2.45) is 0 Å². The molecule has 0 saturated heterocycles. The number of hydrogen-bond donors (Lipinski definition) is 0. The topological polar surface area (TPSA) is 105 Å². The highest BCUT2D eigenvalue weighted by Crippen LogP contribution is 2.16. The zero-order chi connectivity index (χ0) is 23.3. The van der Waals surface area contributed by atoms with E-state index in [0.29, 0.717) is 12.8 Å². The number of rotatable bonds is 11. The fourth-order valence-corrected chi connectivity index (χ4v) is 2.55. The van der Waals surface area contributed by atoms with Crippen LogP contribution in [0.2, 0.25) is 0 Å². The van der Waals surface area contributed by atoms with Gasteiger partial charge in [-0.1, -0.05) is 50.2 Å². The van der Waals surface area contributed by atoms with Crippen LogP contribution in [0.5, 0.6) is 0 Å². The normalized spacial score (nSPS) is 12.2. The third-order valence-corrected chi connectivity index (χ3v) is 4.12. The fraction of sp³-hybridized carbons (Fsp3) is 0.333. The van der Waals surface area contributed by atoms with Crippen molar-refractivity contribution >= 4 is 23.9 Å². The van der Waals surface area contributed by atoms with Crippen molar-refractivity contribution in [3.8, 4) is 0 Å². The van der Waals surface area contributed by atoms with E-state index in [1.807, 2.05) is 0 Å². The van der Waals surface area contributed by atoms with E-state index in [9.17, 15) is 19.2 Å². The molecule has 0 bridgehead atoms. The molecule has 170 valence electrons. The summed E-state index contributed by atoms with van der Waals surface area (Å²) < 4.78 is 20.8. The van der Waals surface area contributed by atoms with Gasteiger partial charge >= 0.3 is 23.9 Å². The molecule has 0 aromatic heterocycles. The van der Waals surface area contributed by atoms with Gasteiger partial charge in [-0.2, -0.15) is 0 Å². The lowest BCUT2D eigenvalue weighted by molar-refractivity contribution is -0.174. The van der Waals surface area contributed by atoms with E-state index < -0.39 is 36.1 Å². The van der Waals surface area contributed by atoms with Crippen LogP contribution >= 0.6 is 0 Å². The molecule has 0 aliphatic heterocycles. The second-order valence-electron chi connectivity index (χ2n) is 6.72. The monoisotopic (exact) mass is 442 g/mol. The summed E-state index contributed by atoms with van der Waals surface area (Å²) in [4.78, 5) is 50.6. The van der Waals surface area contributed by atoms with Gasteiger partial charge in [0.25, 0.3) is 0 Å². The molecule has 0 aliphatic rings. The minimum absolute atomic E-state index is 0.0293. The first kappa shape index (κ1) is 24.6. The van der Waals surface area contributed by atoms with Crippen molar-refractivity contribution in [1.29, 1.82) is 0 Å². The molecule has 8 heteroatoms. The first-order chi connectivity index (χ1) is 15.5. The minimum atomic E-state index is -1.84. The lowest BCUT2D eigenvalue weighted by Gasteiger charge is -2.24.